The van der Waals surface area contributed by atoms with Crippen molar-refractivity contribution in [3.63, 3.8) is 0 Å². The smallest absolute Gasteiger partial charge is 0.290 e. The van der Waals surface area contributed by atoms with Gasteiger partial charge in [0.25, 0.3) is 11.1 Å². The van der Waals surface area contributed by atoms with Crippen molar-refractivity contribution in [3.8, 4) is 11.1 Å². The molecule has 1 aliphatic rings. The van der Waals surface area contributed by atoms with Gasteiger partial charge in [-0.3, -0.25) is 14.9 Å². The van der Waals surface area contributed by atoms with Gasteiger partial charge in [-0.1, -0.05) is 42.5 Å². The van der Waals surface area contributed by atoms with Gasteiger partial charge in [-0.15, -0.1) is 0 Å². The van der Waals surface area contributed by atoms with Crippen molar-refractivity contribution in [2.24, 2.45) is 0 Å². The van der Waals surface area contributed by atoms with Crippen LogP contribution in [0.1, 0.15) is 11.1 Å². The van der Waals surface area contributed by atoms with Crippen LogP contribution in [0.15, 0.2) is 53.4 Å². The predicted octanol–water partition coefficient (Wildman–Crippen LogP) is 3.40. The number of carbonyl (C=O) groups is 2. The lowest BCUT2D eigenvalue weighted by molar-refractivity contribution is -0.115. The number of imide groups is 1. The van der Waals surface area contributed by atoms with Crippen LogP contribution < -0.4 is 10.6 Å². The van der Waals surface area contributed by atoms with E-state index in [4.69, 9.17) is 0 Å². The third kappa shape index (κ3) is 3.70. The van der Waals surface area contributed by atoms with Crippen molar-refractivity contribution in [3.05, 3.63) is 64.6 Å². The Kier molecular flexibility index (Phi) is 4.60. The maximum atomic E-state index is 11.5. The minimum absolute atomic E-state index is 0.320. The molecule has 0 unspecified atom stereocenters. The van der Waals surface area contributed by atoms with Gasteiger partial charge < -0.3 is 5.32 Å². The van der Waals surface area contributed by atoms with E-state index in [1.54, 1.807) is 6.08 Å². The molecule has 0 radical (unpaired) electrons. The minimum Gasteiger partial charge on any atom is -0.316 e. The van der Waals surface area contributed by atoms with Gasteiger partial charge in [0.1, 0.15) is 0 Å². The second-order valence-corrected chi connectivity index (χ2v) is 6.22. The molecule has 3 rings (SSSR count). The zero-order valence-corrected chi connectivity index (χ0v) is 13.4. The van der Waals surface area contributed by atoms with E-state index in [1.165, 1.54) is 5.56 Å². The monoisotopic (exact) mass is 324 g/mol. The van der Waals surface area contributed by atoms with Crippen molar-refractivity contribution in [2.45, 2.75) is 6.54 Å². The summed E-state index contributed by atoms with van der Waals surface area (Å²) in [6.07, 6.45) is 1.73. The van der Waals surface area contributed by atoms with Crippen molar-refractivity contribution in [1.29, 1.82) is 0 Å². The van der Waals surface area contributed by atoms with Gasteiger partial charge >= 0.3 is 0 Å². The summed E-state index contributed by atoms with van der Waals surface area (Å²) in [7, 11) is 1.93. The molecule has 0 aliphatic carbocycles. The summed E-state index contributed by atoms with van der Waals surface area (Å²) in [6, 6.07) is 16.3. The van der Waals surface area contributed by atoms with E-state index in [2.05, 4.69) is 28.8 Å². The predicted molar refractivity (Wildman–Crippen MR) is 93.7 cm³/mol. The zero-order valence-electron chi connectivity index (χ0n) is 12.6. The van der Waals surface area contributed by atoms with Crippen LogP contribution in [-0.4, -0.2) is 18.2 Å². The van der Waals surface area contributed by atoms with Crippen molar-refractivity contribution in [1.82, 2.24) is 10.6 Å². The number of carbonyl (C=O) groups excluding carboxylic acids is 2. The summed E-state index contributed by atoms with van der Waals surface area (Å²) in [5, 5.41) is 5.08. The summed E-state index contributed by atoms with van der Waals surface area (Å²) in [6.45, 7) is 0.832. The normalized spacial score (nSPS) is 16.0. The Balaban J connectivity index is 1.82. The minimum atomic E-state index is -0.330. The second-order valence-electron chi connectivity index (χ2n) is 5.20. The molecular weight excluding hydrogens is 308 g/mol. The van der Waals surface area contributed by atoms with Gasteiger partial charge in [0.2, 0.25) is 0 Å². The third-order valence-electron chi connectivity index (χ3n) is 3.49. The number of hydrogen-bond acceptors (Lipinski definition) is 4. The molecular formula is C18H16N2O2S. The van der Waals surface area contributed by atoms with Crippen molar-refractivity contribution in [2.75, 3.05) is 7.05 Å². The SMILES string of the molecule is CNCc1cccc(-c2ccc(C=C3SC(=O)NC3=O)cc2)c1. The fourth-order valence-electron chi connectivity index (χ4n) is 2.41. The number of thioether (sulfide) groups is 1. The van der Waals surface area contributed by atoms with Crippen molar-refractivity contribution < 1.29 is 9.59 Å². The molecule has 0 atom stereocenters. The highest BCUT2D eigenvalue weighted by Crippen LogP contribution is 2.27. The average molecular weight is 324 g/mol. The molecule has 1 aliphatic heterocycles. The lowest BCUT2D eigenvalue weighted by Gasteiger charge is -2.06. The quantitative estimate of drug-likeness (QED) is 0.846. The first kappa shape index (κ1) is 15.5. The van der Waals surface area contributed by atoms with E-state index >= 15 is 0 Å². The number of benzene rings is 2. The number of rotatable bonds is 4. The first-order chi connectivity index (χ1) is 11.2. The highest BCUT2D eigenvalue weighted by atomic mass is 32.2. The Morgan fingerprint density at radius 2 is 1.87 bits per heavy atom. The van der Waals surface area contributed by atoms with Gasteiger partial charge in [0.15, 0.2) is 0 Å². The van der Waals surface area contributed by atoms with E-state index in [0.717, 1.165) is 35.0 Å². The van der Waals surface area contributed by atoms with Gasteiger partial charge in [-0.2, -0.15) is 0 Å². The Bertz CT molecular complexity index is 782. The largest absolute Gasteiger partial charge is 0.316 e. The molecule has 0 spiro atoms. The Morgan fingerprint density at radius 1 is 1.09 bits per heavy atom. The average Bonchev–Trinajstić information content (AvgIpc) is 2.86. The van der Waals surface area contributed by atoms with E-state index in [1.807, 2.05) is 37.4 Å². The fourth-order valence-corrected chi connectivity index (χ4v) is 3.09. The standard InChI is InChI=1S/C18H16N2O2S/c1-19-11-13-3-2-4-15(9-13)14-7-5-12(6-8-14)10-16-17(21)20-18(22)23-16/h2-10,19H,11H2,1H3,(H,20,21,22). The number of hydrogen-bond donors (Lipinski definition) is 2. The number of nitrogens with one attached hydrogen (secondary N) is 2. The highest BCUT2D eigenvalue weighted by Gasteiger charge is 2.24. The molecule has 1 saturated heterocycles. The van der Waals surface area contributed by atoms with Crippen LogP contribution in [0.2, 0.25) is 0 Å². The van der Waals surface area contributed by atoms with Gasteiger partial charge in [0, 0.05) is 6.54 Å². The van der Waals surface area contributed by atoms with E-state index in [9.17, 15) is 9.59 Å². The van der Waals surface area contributed by atoms with Gasteiger partial charge in [-0.05, 0) is 53.2 Å². The fraction of sp³-hybridized carbons (Fsp3) is 0.111. The zero-order chi connectivity index (χ0) is 16.2. The molecule has 0 saturated carbocycles. The second kappa shape index (κ2) is 6.81. The van der Waals surface area contributed by atoms with Crippen LogP contribution >= 0.6 is 11.8 Å². The summed E-state index contributed by atoms with van der Waals surface area (Å²) in [4.78, 5) is 23.1. The van der Waals surface area contributed by atoms with Crippen LogP contribution in [0.4, 0.5) is 4.79 Å². The molecule has 2 N–H and O–H groups in total. The van der Waals surface area contributed by atoms with Crippen LogP contribution in [0.3, 0.4) is 0 Å². The van der Waals surface area contributed by atoms with E-state index < -0.39 is 0 Å². The molecule has 4 nitrogen and oxygen atoms in total. The first-order valence-corrected chi connectivity index (χ1v) is 8.06. The molecule has 23 heavy (non-hydrogen) atoms. The summed E-state index contributed by atoms with van der Waals surface area (Å²) in [5.74, 6) is -0.330. The molecule has 2 aromatic rings. The van der Waals surface area contributed by atoms with Gasteiger partial charge in [0.05, 0.1) is 4.91 Å². The Morgan fingerprint density at radius 3 is 2.52 bits per heavy atom. The third-order valence-corrected chi connectivity index (χ3v) is 4.30. The van der Waals surface area contributed by atoms with Gasteiger partial charge in [-0.25, -0.2) is 0 Å². The van der Waals surface area contributed by atoms with E-state index in [-0.39, 0.29) is 11.1 Å². The molecule has 0 aromatic heterocycles. The number of amides is 2. The van der Waals surface area contributed by atoms with Crippen molar-refractivity contribution >= 4 is 29.0 Å². The molecule has 1 heterocycles. The Labute approximate surface area is 139 Å². The topological polar surface area (TPSA) is 58.2 Å². The Hall–Kier alpha value is -2.37. The molecule has 2 amide bonds. The van der Waals surface area contributed by atoms with E-state index in [0.29, 0.717) is 4.91 Å². The molecule has 116 valence electrons. The van der Waals surface area contributed by atoms with Crippen LogP contribution in [-0.2, 0) is 11.3 Å². The maximum absolute atomic E-state index is 11.5. The lowest BCUT2D eigenvalue weighted by Crippen LogP contribution is -2.17. The molecule has 1 fully saturated rings. The lowest BCUT2D eigenvalue weighted by atomic mass is 10.0. The van der Waals surface area contributed by atoms with Crippen LogP contribution in [0.5, 0.6) is 0 Å². The summed E-state index contributed by atoms with van der Waals surface area (Å²) >= 11 is 0.931. The maximum Gasteiger partial charge on any atom is 0.290 e. The molecule has 5 heteroatoms. The molecule has 0 bridgehead atoms. The van der Waals surface area contributed by atoms with Crippen LogP contribution in [0.25, 0.3) is 17.2 Å². The van der Waals surface area contributed by atoms with Crippen LogP contribution in [0, 0.1) is 0 Å². The molecule has 2 aromatic carbocycles. The summed E-state index contributed by atoms with van der Waals surface area (Å²) < 4.78 is 0. The highest BCUT2D eigenvalue weighted by molar-refractivity contribution is 8.18. The summed E-state index contributed by atoms with van der Waals surface area (Å²) in [5.41, 5.74) is 4.39. The first-order valence-electron chi connectivity index (χ1n) is 7.24.